The summed E-state index contributed by atoms with van der Waals surface area (Å²) in [6.07, 6.45) is 5.54. The summed E-state index contributed by atoms with van der Waals surface area (Å²) in [5.74, 6) is 1.43. The number of carbonyl (C=O) groups excluding carboxylic acids is 1. The zero-order valence-electron chi connectivity index (χ0n) is 15.2. The van der Waals surface area contributed by atoms with Gasteiger partial charge in [-0.25, -0.2) is 0 Å². The van der Waals surface area contributed by atoms with Crippen LogP contribution in [0.25, 0.3) is 0 Å². The molecule has 1 aromatic carbocycles. The number of nitrogens with one attached hydrogen (secondary N) is 2. The maximum Gasteiger partial charge on any atom is 0.225 e. The molecule has 1 aromatic rings. The van der Waals surface area contributed by atoms with Gasteiger partial charge in [0.15, 0.2) is 5.96 Å². The predicted octanol–water partition coefficient (Wildman–Crippen LogP) is 3.52. The molecule has 1 heterocycles. The molecular weight excluding hydrogens is 507 g/mol. The summed E-state index contributed by atoms with van der Waals surface area (Å²) < 4.78 is 1.08. The van der Waals surface area contributed by atoms with E-state index >= 15 is 0 Å². The molecule has 1 saturated heterocycles. The van der Waals surface area contributed by atoms with Crippen molar-refractivity contribution in [3.63, 3.8) is 0 Å². The van der Waals surface area contributed by atoms with Crippen LogP contribution in [0.15, 0.2) is 33.7 Å². The average molecular weight is 535 g/mol. The first-order valence-electron chi connectivity index (χ1n) is 9.16. The molecule has 5 nitrogen and oxygen atoms in total. The van der Waals surface area contributed by atoms with Gasteiger partial charge in [0.05, 0.1) is 0 Å². The molecule has 2 N–H and O–H groups in total. The zero-order chi connectivity index (χ0) is 17.6. The standard InChI is InChI=1S/C19H27BrN4O.HI/c1-21-19(22-12-14-6-8-16(20)9-7-14)23-17-10-11-24(13-17)18(25)15-4-2-3-5-15;/h6-9,15,17H,2-5,10-13H2,1H3,(H2,21,22,23);1H. The Morgan fingerprint density at radius 2 is 1.92 bits per heavy atom. The number of aliphatic imine (C=N–C) groups is 1. The highest BCUT2D eigenvalue weighted by molar-refractivity contribution is 14.0. The van der Waals surface area contributed by atoms with Crippen LogP contribution < -0.4 is 10.6 Å². The van der Waals surface area contributed by atoms with Crippen LogP contribution in [-0.2, 0) is 11.3 Å². The van der Waals surface area contributed by atoms with Crippen molar-refractivity contribution in [3.05, 3.63) is 34.3 Å². The molecule has 0 spiro atoms. The summed E-state index contributed by atoms with van der Waals surface area (Å²) >= 11 is 3.45. The minimum atomic E-state index is 0. The molecule has 0 aromatic heterocycles. The smallest absolute Gasteiger partial charge is 0.225 e. The Morgan fingerprint density at radius 1 is 1.23 bits per heavy atom. The Bertz CT molecular complexity index is 616. The van der Waals surface area contributed by atoms with Crippen molar-refractivity contribution in [1.29, 1.82) is 0 Å². The maximum atomic E-state index is 12.5. The van der Waals surface area contributed by atoms with Gasteiger partial charge in [-0.2, -0.15) is 0 Å². The number of hydrogen-bond acceptors (Lipinski definition) is 2. The average Bonchev–Trinajstić information content (AvgIpc) is 3.31. The fourth-order valence-electron chi connectivity index (χ4n) is 3.69. The second-order valence-corrected chi connectivity index (χ2v) is 7.86. The van der Waals surface area contributed by atoms with Gasteiger partial charge in [0.25, 0.3) is 0 Å². The van der Waals surface area contributed by atoms with Gasteiger partial charge in [-0.05, 0) is 37.0 Å². The lowest BCUT2D eigenvalue weighted by atomic mass is 10.1. The number of likely N-dealkylation sites (tertiary alicyclic amines) is 1. The zero-order valence-corrected chi connectivity index (χ0v) is 19.1. The molecule has 1 unspecified atom stereocenters. The highest BCUT2D eigenvalue weighted by Gasteiger charge is 2.32. The first-order valence-corrected chi connectivity index (χ1v) is 9.95. The first kappa shape index (κ1) is 21.5. The van der Waals surface area contributed by atoms with Crippen molar-refractivity contribution in [2.24, 2.45) is 10.9 Å². The van der Waals surface area contributed by atoms with E-state index in [9.17, 15) is 4.79 Å². The first-order chi connectivity index (χ1) is 12.2. The van der Waals surface area contributed by atoms with Crippen molar-refractivity contribution >= 4 is 51.8 Å². The van der Waals surface area contributed by atoms with Crippen molar-refractivity contribution in [1.82, 2.24) is 15.5 Å². The molecule has 1 aliphatic carbocycles. The molecule has 26 heavy (non-hydrogen) atoms. The molecule has 144 valence electrons. The molecule has 1 amide bonds. The van der Waals surface area contributed by atoms with Gasteiger partial charge in [0, 0.05) is 43.1 Å². The summed E-state index contributed by atoms with van der Waals surface area (Å²) in [4.78, 5) is 18.9. The van der Waals surface area contributed by atoms with E-state index in [4.69, 9.17) is 0 Å². The monoisotopic (exact) mass is 534 g/mol. The van der Waals surface area contributed by atoms with Crippen LogP contribution >= 0.6 is 39.9 Å². The van der Waals surface area contributed by atoms with Crippen LogP contribution in [0, 0.1) is 5.92 Å². The second kappa shape index (κ2) is 10.5. The highest BCUT2D eigenvalue weighted by atomic mass is 127. The van der Waals surface area contributed by atoms with E-state index in [1.165, 1.54) is 18.4 Å². The van der Waals surface area contributed by atoms with Crippen LogP contribution in [0.4, 0.5) is 0 Å². The summed E-state index contributed by atoms with van der Waals surface area (Å²) in [6.45, 7) is 2.37. The van der Waals surface area contributed by atoms with Crippen molar-refractivity contribution < 1.29 is 4.79 Å². The van der Waals surface area contributed by atoms with E-state index in [0.717, 1.165) is 49.3 Å². The predicted molar refractivity (Wildman–Crippen MR) is 120 cm³/mol. The molecule has 7 heteroatoms. The Morgan fingerprint density at radius 3 is 2.58 bits per heavy atom. The number of guanidine groups is 1. The van der Waals surface area contributed by atoms with Gasteiger partial charge in [0.2, 0.25) is 5.91 Å². The third-order valence-electron chi connectivity index (χ3n) is 5.14. The molecule has 1 aliphatic heterocycles. The molecular formula is C19H28BrIN4O. The van der Waals surface area contributed by atoms with E-state index in [-0.39, 0.29) is 35.9 Å². The van der Waals surface area contributed by atoms with Crippen LogP contribution in [0.2, 0.25) is 0 Å². The van der Waals surface area contributed by atoms with Crippen molar-refractivity contribution in [2.45, 2.75) is 44.7 Å². The lowest BCUT2D eigenvalue weighted by molar-refractivity contribution is -0.134. The minimum Gasteiger partial charge on any atom is -0.352 e. The number of rotatable bonds is 4. The summed E-state index contributed by atoms with van der Waals surface area (Å²) in [7, 11) is 1.79. The van der Waals surface area contributed by atoms with Gasteiger partial charge >= 0.3 is 0 Å². The van der Waals surface area contributed by atoms with Gasteiger partial charge < -0.3 is 15.5 Å². The quantitative estimate of drug-likeness (QED) is 0.353. The van der Waals surface area contributed by atoms with Crippen LogP contribution in [-0.4, -0.2) is 42.9 Å². The lowest BCUT2D eigenvalue weighted by Gasteiger charge is -2.21. The van der Waals surface area contributed by atoms with Gasteiger partial charge in [-0.1, -0.05) is 40.9 Å². The van der Waals surface area contributed by atoms with E-state index in [0.29, 0.717) is 5.91 Å². The van der Waals surface area contributed by atoms with E-state index in [1.807, 2.05) is 17.0 Å². The van der Waals surface area contributed by atoms with Crippen molar-refractivity contribution in [2.75, 3.05) is 20.1 Å². The van der Waals surface area contributed by atoms with Gasteiger partial charge in [0.1, 0.15) is 0 Å². The molecule has 0 radical (unpaired) electrons. The second-order valence-electron chi connectivity index (χ2n) is 6.95. The van der Waals surface area contributed by atoms with E-state index < -0.39 is 0 Å². The third kappa shape index (κ3) is 5.84. The Labute approximate surface area is 181 Å². The molecule has 1 saturated carbocycles. The number of nitrogens with zero attached hydrogens (tertiary/aromatic N) is 2. The van der Waals surface area contributed by atoms with Crippen LogP contribution in [0.3, 0.4) is 0 Å². The topological polar surface area (TPSA) is 56.7 Å². The fraction of sp³-hybridized carbons (Fsp3) is 0.579. The third-order valence-corrected chi connectivity index (χ3v) is 5.67. The number of halogens is 2. The molecule has 2 aliphatic rings. The van der Waals surface area contributed by atoms with Gasteiger partial charge in [-0.3, -0.25) is 9.79 Å². The van der Waals surface area contributed by atoms with Crippen molar-refractivity contribution in [3.8, 4) is 0 Å². The Kier molecular flexibility index (Phi) is 8.66. The van der Waals surface area contributed by atoms with E-state index in [2.05, 4.69) is 43.7 Å². The number of amides is 1. The van der Waals surface area contributed by atoms with Gasteiger partial charge in [-0.15, -0.1) is 24.0 Å². The summed E-state index contributed by atoms with van der Waals surface area (Å²) in [5.41, 5.74) is 1.20. The minimum absolute atomic E-state index is 0. The SMILES string of the molecule is CN=C(NCc1ccc(Br)cc1)NC1CCN(C(=O)C2CCCC2)C1.I. The number of hydrogen-bond donors (Lipinski definition) is 2. The summed E-state index contributed by atoms with van der Waals surface area (Å²) in [5, 5.41) is 6.81. The largest absolute Gasteiger partial charge is 0.352 e. The lowest BCUT2D eigenvalue weighted by Crippen LogP contribution is -2.45. The molecule has 1 atom stereocenters. The number of benzene rings is 1. The normalized spacial score (nSPS) is 20.8. The molecule has 3 rings (SSSR count). The maximum absolute atomic E-state index is 12.5. The Hall–Kier alpha value is -0.830. The Balaban J connectivity index is 0.00000243. The fourth-order valence-corrected chi connectivity index (χ4v) is 3.95. The van der Waals surface area contributed by atoms with E-state index in [1.54, 1.807) is 7.05 Å². The number of carbonyl (C=O) groups is 1. The molecule has 0 bridgehead atoms. The van der Waals surface area contributed by atoms with Crippen LogP contribution in [0.5, 0.6) is 0 Å². The van der Waals surface area contributed by atoms with Crippen LogP contribution in [0.1, 0.15) is 37.7 Å². The molecule has 2 fully saturated rings. The highest BCUT2D eigenvalue weighted by Crippen LogP contribution is 2.27. The summed E-state index contributed by atoms with van der Waals surface area (Å²) in [6, 6.07) is 8.53.